The summed E-state index contributed by atoms with van der Waals surface area (Å²) in [5, 5.41) is 2.05. The molecule has 0 spiro atoms. The summed E-state index contributed by atoms with van der Waals surface area (Å²) in [5.41, 5.74) is 2.73. The van der Waals surface area contributed by atoms with Crippen molar-refractivity contribution >= 4 is 11.6 Å². The molecule has 5 nitrogen and oxygen atoms in total. The van der Waals surface area contributed by atoms with Gasteiger partial charge in [0.25, 0.3) is 12.3 Å². The summed E-state index contributed by atoms with van der Waals surface area (Å²) in [6.07, 6.45) is 0.0923. The summed E-state index contributed by atoms with van der Waals surface area (Å²) in [6.45, 7) is -0.697. The molecule has 1 aromatic rings. The molecule has 1 aromatic heterocycles. The van der Waals surface area contributed by atoms with Gasteiger partial charge in [0.2, 0.25) is 0 Å². The van der Waals surface area contributed by atoms with Gasteiger partial charge in [-0.2, -0.15) is 0 Å². The summed E-state index contributed by atoms with van der Waals surface area (Å²) in [5.74, 6) is 4.50. The van der Waals surface area contributed by atoms with E-state index in [0.717, 1.165) is 0 Å². The molecule has 1 rings (SSSR count). The smallest absolute Gasteiger partial charge is 0.255 e. The van der Waals surface area contributed by atoms with Gasteiger partial charge in [0, 0.05) is 12.4 Å². The van der Waals surface area contributed by atoms with Gasteiger partial charge < -0.3 is 10.7 Å². The first-order valence-electron chi connectivity index (χ1n) is 4.12. The number of carbonyl (C=O) groups is 1. The average Bonchev–Trinajstić information content (AvgIpc) is 2.25. The second-order valence-electron chi connectivity index (χ2n) is 2.67. The van der Waals surface area contributed by atoms with Gasteiger partial charge in [-0.3, -0.25) is 15.6 Å². The van der Waals surface area contributed by atoms with Gasteiger partial charge in [-0.15, -0.1) is 0 Å². The summed E-state index contributed by atoms with van der Waals surface area (Å²) < 4.78 is 23.6. The maximum absolute atomic E-state index is 11.8. The number of hydrogen-bond donors (Lipinski definition) is 3. The largest absolute Gasteiger partial charge is 0.346 e. The minimum absolute atomic E-state index is 0.126. The van der Waals surface area contributed by atoms with Crippen molar-refractivity contribution in [3.8, 4) is 0 Å². The molecule has 0 aromatic carbocycles. The predicted octanol–water partition coefficient (Wildman–Crippen LogP) is 0.362. The van der Waals surface area contributed by atoms with Crippen molar-refractivity contribution < 1.29 is 13.6 Å². The van der Waals surface area contributed by atoms with Crippen LogP contribution in [0.3, 0.4) is 0 Å². The number of carbonyl (C=O) groups excluding carboxylic acids is 1. The fourth-order valence-electron chi connectivity index (χ4n) is 0.966. The number of nitrogens with one attached hydrogen (secondary N) is 2. The third-order valence-electron chi connectivity index (χ3n) is 1.64. The van der Waals surface area contributed by atoms with Gasteiger partial charge in [0.1, 0.15) is 0 Å². The lowest BCUT2D eigenvalue weighted by Gasteiger charge is -2.08. The zero-order valence-electron chi connectivity index (χ0n) is 7.71. The molecule has 82 valence electrons. The SMILES string of the molecule is NNc1ccncc1C(=O)NCC(F)F. The number of nitrogens with two attached hydrogens (primary N) is 1. The first-order chi connectivity index (χ1) is 7.15. The van der Waals surface area contributed by atoms with Gasteiger partial charge in [0.15, 0.2) is 0 Å². The first kappa shape index (κ1) is 11.3. The highest BCUT2D eigenvalue weighted by Gasteiger charge is 2.12. The van der Waals surface area contributed by atoms with E-state index in [1.165, 1.54) is 18.5 Å². The molecule has 0 atom stereocenters. The Balaban J connectivity index is 2.72. The average molecular weight is 216 g/mol. The fourth-order valence-corrected chi connectivity index (χ4v) is 0.966. The number of halogens is 2. The number of nitrogen functional groups attached to an aromatic ring is 1. The van der Waals surface area contributed by atoms with Crippen LogP contribution in [0.1, 0.15) is 10.4 Å². The van der Waals surface area contributed by atoms with E-state index < -0.39 is 18.9 Å². The summed E-state index contributed by atoms with van der Waals surface area (Å²) in [7, 11) is 0. The molecule has 7 heteroatoms. The molecule has 0 aliphatic carbocycles. The Kier molecular flexibility index (Phi) is 3.92. The topological polar surface area (TPSA) is 80.0 Å². The van der Waals surface area contributed by atoms with E-state index in [-0.39, 0.29) is 5.56 Å². The third-order valence-corrected chi connectivity index (χ3v) is 1.64. The maximum atomic E-state index is 11.8. The van der Waals surface area contributed by atoms with E-state index in [0.29, 0.717) is 5.69 Å². The van der Waals surface area contributed by atoms with Crippen molar-refractivity contribution in [2.45, 2.75) is 6.43 Å². The van der Waals surface area contributed by atoms with Crippen LogP contribution in [0.2, 0.25) is 0 Å². The lowest BCUT2D eigenvalue weighted by Crippen LogP contribution is -2.29. The van der Waals surface area contributed by atoms with E-state index in [1.54, 1.807) is 0 Å². The molecule has 0 aliphatic rings. The molecule has 1 amide bonds. The standard InChI is InChI=1S/C8H10F2N4O/c9-7(10)4-13-8(15)5-3-12-2-1-6(5)14-11/h1-3,7H,4,11H2,(H,12,14)(H,13,15). The minimum atomic E-state index is -2.58. The van der Waals surface area contributed by atoms with E-state index in [4.69, 9.17) is 5.84 Å². The van der Waals surface area contributed by atoms with Crippen LogP contribution in [0.4, 0.5) is 14.5 Å². The Morgan fingerprint density at radius 1 is 1.60 bits per heavy atom. The monoisotopic (exact) mass is 216 g/mol. The number of rotatable bonds is 4. The first-order valence-corrected chi connectivity index (χ1v) is 4.12. The van der Waals surface area contributed by atoms with Crippen molar-refractivity contribution in [1.82, 2.24) is 10.3 Å². The molecule has 4 N–H and O–H groups in total. The van der Waals surface area contributed by atoms with Crippen molar-refractivity contribution in [2.24, 2.45) is 5.84 Å². The van der Waals surface area contributed by atoms with Crippen LogP contribution in [-0.2, 0) is 0 Å². The van der Waals surface area contributed by atoms with Crippen molar-refractivity contribution in [3.63, 3.8) is 0 Å². The van der Waals surface area contributed by atoms with Crippen LogP contribution in [0, 0.1) is 0 Å². The van der Waals surface area contributed by atoms with Crippen LogP contribution >= 0.6 is 0 Å². The number of amides is 1. The number of pyridine rings is 1. The van der Waals surface area contributed by atoms with Gasteiger partial charge in [-0.05, 0) is 6.07 Å². The van der Waals surface area contributed by atoms with E-state index in [9.17, 15) is 13.6 Å². The number of hydrazine groups is 1. The van der Waals surface area contributed by atoms with Gasteiger partial charge in [-0.25, -0.2) is 8.78 Å². The third kappa shape index (κ3) is 3.13. The molecule has 0 saturated heterocycles. The van der Waals surface area contributed by atoms with Crippen LogP contribution in [-0.4, -0.2) is 23.9 Å². The maximum Gasteiger partial charge on any atom is 0.255 e. The van der Waals surface area contributed by atoms with Crippen molar-refractivity contribution in [3.05, 3.63) is 24.0 Å². The van der Waals surface area contributed by atoms with Crippen LogP contribution in [0.25, 0.3) is 0 Å². The lowest BCUT2D eigenvalue weighted by atomic mass is 10.2. The zero-order chi connectivity index (χ0) is 11.3. The van der Waals surface area contributed by atoms with Crippen LogP contribution in [0.5, 0.6) is 0 Å². The molecule has 0 saturated carbocycles. The molecular formula is C8H10F2N4O. The fraction of sp³-hybridized carbons (Fsp3) is 0.250. The Morgan fingerprint density at radius 3 is 2.93 bits per heavy atom. The van der Waals surface area contributed by atoms with Gasteiger partial charge >= 0.3 is 0 Å². The number of hydrogen-bond acceptors (Lipinski definition) is 4. The van der Waals surface area contributed by atoms with E-state index in [2.05, 4.69) is 10.4 Å². The number of aromatic nitrogens is 1. The van der Waals surface area contributed by atoms with E-state index >= 15 is 0 Å². The Bertz CT molecular complexity index is 345. The number of alkyl halides is 2. The molecule has 1 heterocycles. The summed E-state index contributed by atoms with van der Waals surface area (Å²) in [6, 6.07) is 1.47. The molecule has 0 unspecified atom stereocenters. The molecule has 0 radical (unpaired) electrons. The second kappa shape index (κ2) is 5.20. The molecule has 0 fully saturated rings. The molecule has 15 heavy (non-hydrogen) atoms. The highest BCUT2D eigenvalue weighted by molar-refractivity contribution is 5.99. The quantitative estimate of drug-likeness (QED) is 0.501. The normalized spacial score (nSPS) is 10.1. The minimum Gasteiger partial charge on any atom is -0.346 e. The molecule has 0 aliphatic heterocycles. The Labute approximate surface area is 84.6 Å². The summed E-state index contributed by atoms with van der Waals surface area (Å²) in [4.78, 5) is 15.0. The van der Waals surface area contributed by atoms with Crippen LogP contribution in [0.15, 0.2) is 18.5 Å². The molecular weight excluding hydrogens is 206 g/mol. The van der Waals surface area contributed by atoms with Gasteiger partial charge in [-0.1, -0.05) is 0 Å². The second-order valence-corrected chi connectivity index (χ2v) is 2.67. The Morgan fingerprint density at radius 2 is 2.33 bits per heavy atom. The molecule has 0 bridgehead atoms. The van der Waals surface area contributed by atoms with Crippen molar-refractivity contribution in [1.29, 1.82) is 0 Å². The highest BCUT2D eigenvalue weighted by atomic mass is 19.3. The van der Waals surface area contributed by atoms with E-state index in [1.807, 2.05) is 5.32 Å². The number of anilines is 1. The zero-order valence-corrected chi connectivity index (χ0v) is 7.71. The van der Waals surface area contributed by atoms with Crippen molar-refractivity contribution in [2.75, 3.05) is 12.0 Å². The van der Waals surface area contributed by atoms with Crippen LogP contribution < -0.4 is 16.6 Å². The highest BCUT2D eigenvalue weighted by Crippen LogP contribution is 2.11. The number of nitrogens with zero attached hydrogens (tertiary/aromatic N) is 1. The lowest BCUT2D eigenvalue weighted by molar-refractivity contribution is 0.0892. The summed E-state index contributed by atoms with van der Waals surface area (Å²) >= 11 is 0. The Hall–Kier alpha value is -1.76. The van der Waals surface area contributed by atoms with Gasteiger partial charge in [0.05, 0.1) is 17.8 Å². The predicted molar refractivity (Wildman–Crippen MR) is 50.4 cm³/mol.